The van der Waals surface area contributed by atoms with Crippen molar-refractivity contribution in [2.75, 3.05) is 10.0 Å². The molecule has 0 saturated carbocycles. The van der Waals surface area contributed by atoms with Crippen LogP contribution in [0, 0.1) is 0 Å². The van der Waals surface area contributed by atoms with Crippen LogP contribution < -0.4 is 10.0 Å². The molecule has 1 aliphatic heterocycles. The molecule has 0 fully saturated rings. The van der Waals surface area contributed by atoms with Gasteiger partial charge in [0.2, 0.25) is 5.91 Å². The Morgan fingerprint density at radius 3 is 2.46 bits per heavy atom. The Kier molecular flexibility index (Phi) is 4.02. The number of amides is 1. The maximum Gasteiger partial charge on any atom is 0.261 e. The monoisotopic (exact) mass is 384 g/mol. The molecule has 1 aliphatic rings. The van der Waals surface area contributed by atoms with Gasteiger partial charge in [0.15, 0.2) is 0 Å². The van der Waals surface area contributed by atoms with Crippen LogP contribution >= 0.6 is 23.2 Å². The molecule has 3 rings (SSSR count). The lowest BCUT2D eigenvalue weighted by molar-refractivity contribution is -0.119. The lowest BCUT2D eigenvalue weighted by atomic mass is 9.86. The van der Waals surface area contributed by atoms with Gasteiger partial charge >= 0.3 is 0 Å². The van der Waals surface area contributed by atoms with Crippen molar-refractivity contribution in [3.05, 3.63) is 52.0 Å². The van der Waals surface area contributed by atoms with Crippen LogP contribution in [0.2, 0.25) is 10.0 Å². The molecule has 0 aliphatic carbocycles. The molecule has 2 aromatic carbocycles. The first-order valence-corrected chi connectivity index (χ1v) is 9.29. The van der Waals surface area contributed by atoms with E-state index in [9.17, 15) is 13.2 Å². The van der Waals surface area contributed by atoms with Gasteiger partial charge < -0.3 is 5.32 Å². The van der Waals surface area contributed by atoms with Crippen LogP contribution in [0.3, 0.4) is 0 Å². The Bertz CT molecular complexity index is 956. The van der Waals surface area contributed by atoms with Gasteiger partial charge in [-0.05, 0) is 55.8 Å². The minimum atomic E-state index is -3.85. The zero-order chi connectivity index (χ0) is 17.7. The van der Waals surface area contributed by atoms with Crippen molar-refractivity contribution in [3.8, 4) is 0 Å². The van der Waals surface area contributed by atoms with Crippen molar-refractivity contribution in [3.63, 3.8) is 0 Å². The standard InChI is InChI=1S/C16H14Cl2N2O3S/c1-16(2)11-8-10(4-6-13(11)19-15(16)21)24(22,23)20-14-5-3-9(17)7-12(14)18/h3-8,20H,1-2H3,(H,19,21). The van der Waals surface area contributed by atoms with Crippen LogP contribution in [0.1, 0.15) is 19.4 Å². The number of sulfonamides is 1. The first-order valence-electron chi connectivity index (χ1n) is 7.05. The molecule has 0 radical (unpaired) electrons. The summed E-state index contributed by atoms with van der Waals surface area (Å²) in [6, 6.07) is 9.01. The van der Waals surface area contributed by atoms with E-state index in [0.717, 1.165) is 0 Å². The van der Waals surface area contributed by atoms with Crippen LogP contribution in [0.4, 0.5) is 11.4 Å². The summed E-state index contributed by atoms with van der Waals surface area (Å²) < 4.78 is 27.7. The maximum atomic E-state index is 12.6. The number of nitrogens with one attached hydrogen (secondary N) is 2. The summed E-state index contributed by atoms with van der Waals surface area (Å²) in [5.74, 6) is -0.166. The number of carbonyl (C=O) groups is 1. The summed E-state index contributed by atoms with van der Waals surface area (Å²) in [5.41, 5.74) is 0.694. The molecule has 0 bridgehead atoms. The third-order valence-electron chi connectivity index (χ3n) is 3.97. The number of hydrogen-bond acceptors (Lipinski definition) is 3. The van der Waals surface area contributed by atoms with Crippen molar-refractivity contribution in [2.24, 2.45) is 0 Å². The number of halogens is 2. The van der Waals surface area contributed by atoms with Gasteiger partial charge in [0.05, 0.1) is 21.0 Å². The zero-order valence-corrected chi connectivity index (χ0v) is 15.2. The number of rotatable bonds is 3. The molecule has 126 valence electrons. The topological polar surface area (TPSA) is 75.3 Å². The van der Waals surface area contributed by atoms with Crippen molar-refractivity contribution in [2.45, 2.75) is 24.2 Å². The summed E-state index contributed by atoms with van der Waals surface area (Å²) in [6.45, 7) is 3.49. The number of anilines is 2. The SMILES string of the molecule is CC1(C)C(=O)Nc2ccc(S(=O)(=O)Nc3ccc(Cl)cc3Cl)cc21. The van der Waals surface area contributed by atoms with E-state index in [1.807, 2.05) is 0 Å². The number of fused-ring (bicyclic) bond motifs is 1. The Morgan fingerprint density at radius 2 is 1.79 bits per heavy atom. The van der Waals surface area contributed by atoms with E-state index in [-0.39, 0.29) is 21.5 Å². The lowest BCUT2D eigenvalue weighted by Crippen LogP contribution is -2.27. The van der Waals surface area contributed by atoms with Crippen LogP contribution in [-0.4, -0.2) is 14.3 Å². The molecular weight excluding hydrogens is 371 g/mol. The first-order chi connectivity index (χ1) is 11.1. The molecule has 0 spiro atoms. The van der Waals surface area contributed by atoms with Crippen molar-refractivity contribution in [1.29, 1.82) is 0 Å². The van der Waals surface area contributed by atoms with Crippen LogP contribution in [0.25, 0.3) is 0 Å². The normalized spacial score (nSPS) is 15.8. The average molecular weight is 385 g/mol. The Hall–Kier alpha value is -1.76. The predicted octanol–water partition coefficient (Wildman–Crippen LogP) is 4.02. The van der Waals surface area contributed by atoms with E-state index >= 15 is 0 Å². The van der Waals surface area contributed by atoms with E-state index in [0.29, 0.717) is 16.3 Å². The number of hydrogen-bond donors (Lipinski definition) is 2. The predicted molar refractivity (Wildman–Crippen MR) is 95.4 cm³/mol. The molecule has 0 unspecified atom stereocenters. The van der Waals surface area contributed by atoms with E-state index in [4.69, 9.17) is 23.2 Å². The molecule has 2 N–H and O–H groups in total. The second-order valence-corrected chi connectivity index (χ2v) is 8.54. The molecule has 0 saturated heterocycles. The molecule has 1 amide bonds. The minimum absolute atomic E-state index is 0.0526. The van der Waals surface area contributed by atoms with Gasteiger partial charge in [0.25, 0.3) is 10.0 Å². The fourth-order valence-electron chi connectivity index (χ4n) is 2.49. The average Bonchev–Trinajstić information content (AvgIpc) is 2.72. The third-order valence-corrected chi connectivity index (χ3v) is 5.88. The highest BCUT2D eigenvalue weighted by Gasteiger charge is 2.39. The summed E-state index contributed by atoms with van der Waals surface area (Å²) in [7, 11) is -3.85. The van der Waals surface area contributed by atoms with Gasteiger partial charge in [-0.3, -0.25) is 9.52 Å². The second-order valence-electron chi connectivity index (χ2n) is 6.02. The minimum Gasteiger partial charge on any atom is -0.325 e. The van der Waals surface area contributed by atoms with Crippen LogP contribution in [0.15, 0.2) is 41.3 Å². The molecular formula is C16H14Cl2N2O3S. The first kappa shape index (κ1) is 17.1. The summed E-state index contributed by atoms with van der Waals surface area (Å²) in [5, 5.41) is 3.35. The smallest absolute Gasteiger partial charge is 0.261 e. The molecule has 24 heavy (non-hydrogen) atoms. The molecule has 5 nitrogen and oxygen atoms in total. The summed E-state index contributed by atoms with van der Waals surface area (Å²) >= 11 is 11.8. The largest absolute Gasteiger partial charge is 0.325 e. The highest BCUT2D eigenvalue weighted by molar-refractivity contribution is 7.92. The van der Waals surface area contributed by atoms with Crippen molar-refractivity contribution in [1.82, 2.24) is 0 Å². The maximum absolute atomic E-state index is 12.6. The van der Waals surface area contributed by atoms with E-state index < -0.39 is 15.4 Å². The molecule has 1 heterocycles. The van der Waals surface area contributed by atoms with Gasteiger partial charge in [0, 0.05) is 10.7 Å². The lowest BCUT2D eigenvalue weighted by Gasteiger charge is -2.16. The summed E-state index contributed by atoms with van der Waals surface area (Å²) in [4.78, 5) is 12.0. The van der Waals surface area contributed by atoms with Gasteiger partial charge in [-0.15, -0.1) is 0 Å². The Morgan fingerprint density at radius 1 is 1.08 bits per heavy atom. The second kappa shape index (κ2) is 5.65. The quantitative estimate of drug-likeness (QED) is 0.838. The Labute approximate surface area is 150 Å². The molecule has 0 atom stereocenters. The highest BCUT2D eigenvalue weighted by Crippen LogP contribution is 2.38. The molecule has 2 aromatic rings. The molecule has 0 aromatic heterocycles. The van der Waals surface area contributed by atoms with E-state index in [1.165, 1.54) is 24.3 Å². The van der Waals surface area contributed by atoms with Crippen molar-refractivity contribution < 1.29 is 13.2 Å². The van der Waals surface area contributed by atoms with E-state index in [2.05, 4.69) is 10.0 Å². The number of benzene rings is 2. The van der Waals surface area contributed by atoms with Gasteiger partial charge in [-0.2, -0.15) is 0 Å². The summed E-state index contributed by atoms with van der Waals surface area (Å²) in [6.07, 6.45) is 0. The van der Waals surface area contributed by atoms with Crippen molar-refractivity contribution >= 4 is 50.5 Å². The van der Waals surface area contributed by atoms with E-state index in [1.54, 1.807) is 26.0 Å². The fourth-order valence-corrected chi connectivity index (χ4v) is 4.11. The Balaban J connectivity index is 2.00. The number of carbonyl (C=O) groups excluding carboxylic acids is 1. The van der Waals surface area contributed by atoms with Gasteiger partial charge in [-0.1, -0.05) is 23.2 Å². The van der Waals surface area contributed by atoms with Crippen LogP contribution in [-0.2, 0) is 20.2 Å². The third kappa shape index (κ3) is 2.85. The fraction of sp³-hybridized carbons (Fsp3) is 0.188. The zero-order valence-electron chi connectivity index (χ0n) is 12.9. The highest BCUT2D eigenvalue weighted by atomic mass is 35.5. The van der Waals surface area contributed by atoms with Gasteiger partial charge in [0.1, 0.15) is 0 Å². The molecule has 8 heteroatoms. The van der Waals surface area contributed by atoms with Crippen LogP contribution in [0.5, 0.6) is 0 Å². The van der Waals surface area contributed by atoms with Gasteiger partial charge in [-0.25, -0.2) is 8.42 Å².